The predicted octanol–water partition coefficient (Wildman–Crippen LogP) is 4.74. The van der Waals surface area contributed by atoms with Gasteiger partial charge in [0.25, 0.3) is 0 Å². The van der Waals surface area contributed by atoms with Crippen molar-refractivity contribution in [1.29, 1.82) is 0 Å². The van der Waals surface area contributed by atoms with E-state index in [1.807, 2.05) is 49.3 Å². The SMILES string of the molecule is CCOC(=O)N1C=C(C)C=C2N=C(C3CC3)C(Cc3ccc(-c4ccccc4-c4nn[nH]n4)cc3)N21. The minimum Gasteiger partial charge on any atom is -0.448 e. The summed E-state index contributed by atoms with van der Waals surface area (Å²) in [5.74, 6) is 1.85. The van der Waals surface area contributed by atoms with Gasteiger partial charge in [-0.1, -0.05) is 48.5 Å². The smallest absolute Gasteiger partial charge is 0.433 e. The van der Waals surface area contributed by atoms with Crippen molar-refractivity contribution in [2.45, 2.75) is 39.2 Å². The molecule has 0 radical (unpaired) electrons. The number of fused-ring (bicyclic) bond motifs is 1. The molecule has 9 nitrogen and oxygen atoms in total. The molecule has 1 N–H and O–H groups in total. The van der Waals surface area contributed by atoms with E-state index < -0.39 is 0 Å². The van der Waals surface area contributed by atoms with Crippen LogP contribution >= 0.6 is 0 Å². The average molecular weight is 482 g/mol. The summed E-state index contributed by atoms with van der Waals surface area (Å²) in [7, 11) is 0. The van der Waals surface area contributed by atoms with Gasteiger partial charge in [-0.3, -0.25) is 0 Å². The highest BCUT2D eigenvalue weighted by molar-refractivity contribution is 5.97. The zero-order chi connectivity index (χ0) is 24.6. The number of nitrogens with zero attached hydrogens (tertiary/aromatic N) is 6. The highest BCUT2D eigenvalue weighted by atomic mass is 16.6. The number of benzene rings is 2. The fraction of sp³-hybridized carbons (Fsp3) is 0.296. The molecule has 1 atom stereocenters. The summed E-state index contributed by atoms with van der Waals surface area (Å²) in [6, 6.07) is 16.5. The molecule has 0 saturated heterocycles. The van der Waals surface area contributed by atoms with Gasteiger partial charge in [-0.2, -0.15) is 10.2 Å². The van der Waals surface area contributed by atoms with Gasteiger partial charge in [-0.05, 0) is 66.2 Å². The number of aliphatic imine (C=N–C) groups is 1. The van der Waals surface area contributed by atoms with Crippen LogP contribution in [0.5, 0.6) is 0 Å². The lowest BCUT2D eigenvalue weighted by Gasteiger charge is -2.37. The van der Waals surface area contributed by atoms with E-state index in [4.69, 9.17) is 9.73 Å². The lowest BCUT2D eigenvalue weighted by Crippen LogP contribution is -2.50. The van der Waals surface area contributed by atoms with Gasteiger partial charge in [0.2, 0.25) is 5.82 Å². The monoisotopic (exact) mass is 481 g/mol. The molecular formula is C27H27N7O2. The third-order valence-electron chi connectivity index (χ3n) is 6.69. The predicted molar refractivity (Wildman–Crippen MR) is 135 cm³/mol. The number of aromatic amines is 1. The minimum atomic E-state index is -0.381. The third kappa shape index (κ3) is 4.06. The Morgan fingerprint density at radius 2 is 1.89 bits per heavy atom. The van der Waals surface area contributed by atoms with Crippen LogP contribution in [0.1, 0.15) is 32.3 Å². The summed E-state index contributed by atoms with van der Waals surface area (Å²) >= 11 is 0. The molecule has 6 rings (SSSR count). The van der Waals surface area contributed by atoms with Crippen molar-refractivity contribution >= 4 is 11.8 Å². The van der Waals surface area contributed by atoms with E-state index in [0.717, 1.165) is 53.1 Å². The lowest BCUT2D eigenvalue weighted by molar-refractivity contribution is 0.0257. The first-order valence-electron chi connectivity index (χ1n) is 12.3. The Hall–Kier alpha value is -4.27. The van der Waals surface area contributed by atoms with Crippen molar-refractivity contribution in [2.75, 3.05) is 6.61 Å². The van der Waals surface area contributed by atoms with E-state index in [9.17, 15) is 4.79 Å². The molecule has 1 saturated carbocycles. The number of H-pyrrole nitrogens is 1. The molecule has 1 aromatic heterocycles. The number of hydrogen-bond donors (Lipinski definition) is 1. The van der Waals surface area contributed by atoms with Crippen molar-refractivity contribution in [3.63, 3.8) is 0 Å². The summed E-state index contributed by atoms with van der Waals surface area (Å²) in [4.78, 5) is 17.8. The zero-order valence-electron chi connectivity index (χ0n) is 20.3. The molecule has 2 aromatic carbocycles. The van der Waals surface area contributed by atoms with Gasteiger partial charge in [-0.15, -0.1) is 10.2 Å². The van der Waals surface area contributed by atoms with Crippen molar-refractivity contribution in [3.8, 4) is 22.5 Å². The quantitative estimate of drug-likeness (QED) is 0.546. The van der Waals surface area contributed by atoms with Crippen molar-refractivity contribution in [1.82, 2.24) is 30.6 Å². The number of rotatable bonds is 6. The normalized spacial score (nSPS) is 18.9. The molecule has 3 heterocycles. The van der Waals surface area contributed by atoms with E-state index in [1.54, 1.807) is 5.01 Å². The van der Waals surface area contributed by atoms with Gasteiger partial charge >= 0.3 is 6.09 Å². The van der Waals surface area contributed by atoms with E-state index >= 15 is 0 Å². The maximum absolute atomic E-state index is 12.8. The molecule has 182 valence electrons. The van der Waals surface area contributed by atoms with Crippen LogP contribution in [0.2, 0.25) is 0 Å². The van der Waals surface area contributed by atoms with E-state index in [1.165, 1.54) is 5.56 Å². The highest BCUT2D eigenvalue weighted by Crippen LogP contribution is 2.41. The molecule has 3 aliphatic rings. The molecule has 9 heteroatoms. The zero-order valence-corrected chi connectivity index (χ0v) is 20.3. The van der Waals surface area contributed by atoms with Gasteiger partial charge in [-0.25, -0.2) is 14.8 Å². The second-order valence-electron chi connectivity index (χ2n) is 9.27. The van der Waals surface area contributed by atoms with Gasteiger partial charge < -0.3 is 4.74 Å². The molecule has 3 aromatic rings. The minimum absolute atomic E-state index is 0.0324. The van der Waals surface area contributed by atoms with Gasteiger partial charge in [0.1, 0.15) is 5.82 Å². The number of ether oxygens (including phenoxy) is 1. The van der Waals surface area contributed by atoms with Crippen LogP contribution in [-0.2, 0) is 11.2 Å². The van der Waals surface area contributed by atoms with Crippen molar-refractivity contribution in [2.24, 2.45) is 10.9 Å². The molecule has 36 heavy (non-hydrogen) atoms. The first kappa shape index (κ1) is 22.2. The standard InChI is InChI=1S/C27H27N7O2/c1-3-36-27(35)33-16-17(2)14-24-28-25(20-12-13-20)23(34(24)33)15-18-8-10-19(11-9-18)21-6-4-5-7-22(21)26-29-31-32-30-26/h4-11,14,16,20,23H,3,12-13,15H2,1-2H3,(H,29,30,31,32). The Balaban J connectivity index is 1.29. The van der Waals surface area contributed by atoms with Gasteiger partial charge in [0.15, 0.2) is 0 Å². The largest absolute Gasteiger partial charge is 0.448 e. The van der Waals surface area contributed by atoms with E-state index in [2.05, 4.69) is 51.0 Å². The summed E-state index contributed by atoms with van der Waals surface area (Å²) in [6.07, 6.45) is 6.52. The number of hydrogen-bond acceptors (Lipinski definition) is 7. The molecule has 2 aliphatic heterocycles. The third-order valence-corrected chi connectivity index (χ3v) is 6.69. The van der Waals surface area contributed by atoms with E-state index in [0.29, 0.717) is 18.3 Å². The van der Waals surface area contributed by atoms with Crippen LogP contribution in [0.25, 0.3) is 22.5 Å². The first-order valence-corrected chi connectivity index (χ1v) is 12.3. The second kappa shape index (κ2) is 9.07. The lowest BCUT2D eigenvalue weighted by atomic mass is 9.95. The van der Waals surface area contributed by atoms with Crippen LogP contribution in [0.15, 0.2) is 77.2 Å². The summed E-state index contributed by atoms with van der Waals surface area (Å²) < 4.78 is 5.36. The fourth-order valence-corrected chi connectivity index (χ4v) is 4.91. The fourth-order valence-electron chi connectivity index (χ4n) is 4.91. The van der Waals surface area contributed by atoms with Gasteiger partial charge in [0, 0.05) is 23.9 Å². The Kier molecular flexibility index (Phi) is 5.59. The summed E-state index contributed by atoms with van der Waals surface area (Å²) in [6.45, 7) is 4.12. The van der Waals surface area contributed by atoms with Gasteiger partial charge in [0.05, 0.1) is 12.6 Å². The van der Waals surface area contributed by atoms with Crippen molar-refractivity contribution < 1.29 is 9.53 Å². The van der Waals surface area contributed by atoms with Crippen LogP contribution < -0.4 is 0 Å². The molecular weight excluding hydrogens is 454 g/mol. The second-order valence-corrected chi connectivity index (χ2v) is 9.27. The Labute approximate surface area is 209 Å². The molecule has 1 unspecified atom stereocenters. The first-order chi connectivity index (χ1) is 17.6. The summed E-state index contributed by atoms with van der Waals surface area (Å²) in [5.41, 5.74) is 6.34. The summed E-state index contributed by atoms with van der Waals surface area (Å²) in [5, 5.41) is 18.1. The van der Waals surface area contributed by atoms with E-state index in [-0.39, 0.29) is 12.1 Å². The number of tetrazole rings is 1. The molecule has 0 bridgehead atoms. The number of carbonyl (C=O) groups excluding carboxylic acids is 1. The van der Waals surface area contributed by atoms with Crippen LogP contribution in [-0.4, -0.2) is 55.1 Å². The molecule has 0 spiro atoms. The number of nitrogens with one attached hydrogen (secondary N) is 1. The topological polar surface area (TPSA) is 99.6 Å². The average Bonchev–Trinajstić information content (AvgIpc) is 3.46. The number of carbonyl (C=O) groups is 1. The molecule has 1 amide bonds. The maximum Gasteiger partial charge on any atom is 0.433 e. The Morgan fingerprint density at radius 3 is 2.58 bits per heavy atom. The van der Waals surface area contributed by atoms with Crippen LogP contribution in [0.3, 0.4) is 0 Å². The number of hydrazine groups is 1. The van der Waals surface area contributed by atoms with Crippen LogP contribution in [0.4, 0.5) is 4.79 Å². The number of allylic oxidation sites excluding steroid dienone is 2. The number of aromatic nitrogens is 4. The van der Waals surface area contributed by atoms with Crippen LogP contribution in [0, 0.1) is 5.92 Å². The van der Waals surface area contributed by atoms with Crippen molar-refractivity contribution in [3.05, 3.63) is 77.8 Å². The Bertz CT molecular complexity index is 1370. The molecule has 1 fully saturated rings. The molecule has 1 aliphatic carbocycles. The Morgan fingerprint density at radius 1 is 1.11 bits per heavy atom. The number of amides is 1. The maximum atomic E-state index is 12.8. The highest BCUT2D eigenvalue weighted by Gasteiger charge is 2.45.